The lowest BCUT2D eigenvalue weighted by Crippen LogP contribution is -2.33. The van der Waals surface area contributed by atoms with Crippen molar-refractivity contribution in [2.45, 2.75) is 68.5 Å². The molecule has 2 saturated carbocycles. The Labute approximate surface area is 92.2 Å². The Hall–Kier alpha value is -0.0800. The fourth-order valence-electron chi connectivity index (χ4n) is 4.14. The van der Waals surface area contributed by atoms with Gasteiger partial charge in [0.2, 0.25) is 0 Å². The predicted octanol–water partition coefficient (Wildman–Crippen LogP) is 1.80. The van der Waals surface area contributed by atoms with E-state index in [9.17, 15) is 0 Å². The van der Waals surface area contributed by atoms with Gasteiger partial charge in [-0.1, -0.05) is 0 Å². The molecule has 0 aromatic rings. The number of hydrogen-bond donors (Lipinski definition) is 2. The Morgan fingerprint density at radius 1 is 1.13 bits per heavy atom. The second kappa shape index (κ2) is 2.78. The van der Waals surface area contributed by atoms with E-state index in [1.54, 1.807) is 0 Å². The molecule has 4 rings (SSSR count). The lowest BCUT2D eigenvalue weighted by Gasteiger charge is -2.15. The van der Waals surface area contributed by atoms with Gasteiger partial charge < -0.3 is 10.6 Å². The first kappa shape index (κ1) is 9.00. The lowest BCUT2D eigenvalue weighted by atomic mass is 10.0. The van der Waals surface area contributed by atoms with Gasteiger partial charge in [0, 0.05) is 17.1 Å². The molecule has 2 nitrogen and oxygen atoms in total. The van der Waals surface area contributed by atoms with Crippen LogP contribution in [0.25, 0.3) is 0 Å². The minimum Gasteiger partial charge on any atom is -0.311 e. The van der Waals surface area contributed by atoms with Gasteiger partial charge in [-0.15, -0.1) is 0 Å². The molecule has 2 heterocycles. The molecule has 0 aromatic carbocycles. The van der Waals surface area contributed by atoms with Crippen molar-refractivity contribution in [1.29, 1.82) is 0 Å². The smallest absolute Gasteiger partial charge is 0.0214 e. The molecule has 4 fully saturated rings. The standard InChI is InChI=1S/C13H22N2/c1-3-13(14-7-1)9-10(13)8-11-2-4-12(15-11)5-6-12/h10-11,14-15H,1-9H2. The van der Waals surface area contributed by atoms with E-state index < -0.39 is 0 Å². The molecule has 2 heteroatoms. The minimum atomic E-state index is 0.626. The zero-order valence-electron chi connectivity index (χ0n) is 9.52. The van der Waals surface area contributed by atoms with E-state index >= 15 is 0 Å². The van der Waals surface area contributed by atoms with Crippen molar-refractivity contribution in [3.05, 3.63) is 0 Å². The van der Waals surface area contributed by atoms with Crippen LogP contribution in [0.2, 0.25) is 0 Å². The first-order valence-corrected chi connectivity index (χ1v) is 6.83. The third-order valence-corrected chi connectivity index (χ3v) is 5.41. The molecule has 4 aliphatic rings. The first-order chi connectivity index (χ1) is 7.30. The van der Waals surface area contributed by atoms with Crippen molar-refractivity contribution in [1.82, 2.24) is 10.6 Å². The second-order valence-electron chi connectivity index (χ2n) is 6.48. The molecule has 15 heavy (non-hydrogen) atoms. The van der Waals surface area contributed by atoms with Crippen molar-refractivity contribution in [3.63, 3.8) is 0 Å². The zero-order chi connectivity index (χ0) is 9.93. The van der Waals surface area contributed by atoms with Crippen LogP contribution in [-0.4, -0.2) is 23.7 Å². The largest absolute Gasteiger partial charge is 0.311 e. The highest BCUT2D eigenvalue weighted by Crippen LogP contribution is 2.54. The van der Waals surface area contributed by atoms with Crippen LogP contribution in [0.15, 0.2) is 0 Å². The quantitative estimate of drug-likeness (QED) is 0.720. The van der Waals surface area contributed by atoms with Crippen molar-refractivity contribution in [3.8, 4) is 0 Å². The summed E-state index contributed by atoms with van der Waals surface area (Å²) in [5.74, 6) is 1.01. The number of hydrogen-bond acceptors (Lipinski definition) is 2. The summed E-state index contributed by atoms with van der Waals surface area (Å²) in [5.41, 5.74) is 1.27. The molecule has 0 amide bonds. The maximum Gasteiger partial charge on any atom is 0.0214 e. The van der Waals surface area contributed by atoms with Crippen LogP contribution in [0.3, 0.4) is 0 Å². The summed E-state index contributed by atoms with van der Waals surface area (Å²) in [5, 5.41) is 7.63. The van der Waals surface area contributed by atoms with Gasteiger partial charge in [0.1, 0.15) is 0 Å². The average Bonchev–Trinajstić information content (AvgIpc) is 2.94. The maximum atomic E-state index is 3.89. The van der Waals surface area contributed by atoms with Crippen LogP contribution < -0.4 is 10.6 Å². The fourth-order valence-corrected chi connectivity index (χ4v) is 4.14. The summed E-state index contributed by atoms with van der Waals surface area (Å²) in [4.78, 5) is 0. The van der Waals surface area contributed by atoms with Crippen LogP contribution >= 0.6 is 0 Å². The SMILES string of the molecule is C1CNC2(C1)CC2CC1CCC2(CC2)N1. The topological polar surface area (TPSA) is 24.1 Å². The summed E-state index contributed by atoms with van der Waals surface area (Å²) in [7, 11) is 0. The van der Waals surface area contributed by atoms with E-state index in [4.69, 9.17) is 0 Å². The summed E-state index contributed by atoms with van der Waals surface area (Å²) in [6.45, 7) is 1.28. The molecule has 0 bridgehead atoms. The van der Waals surface area contributed by atoms with E-state index in [-0.39, 0.29) is 0 Å². The molecule has 3 atom stereocenters. The molecule has 2 spiro atoms. The molecule has 0 aromatic heterocycles. The van der Waals surface area contributed by atoms with Crippen molar-refractivity contribution >= 4 is 0 Å². The Bertz CT molecular complexity index is 274. The van der Waals surface area contributed by atoms with Gasteiger partial charge in [-0.3, -0.25) is 0 Å². The van der Waals surface area contributed by atoms with Crippen LogP contribution in [0.5, 0.6) is 0 Å². The summed E-state index contributed by atoms with van der Waals surface area (Å²) < 4.78 is 0. The first-order valence-electron chi connectivity index (χ1n) is 6.83. The third kappa shape index (κ3) is 1.38. The highest BCUT2D eigenvalue weighted by Gasteiger charge is 2.57. The number of rotatable bonds is 2. The molecule has 2 saturated heterocycles. The lowest BCUT2D eigenvalue weighted by molar-refractivity contribution is 0.437. The van der Waals surface area contributed by atoms with Crippen molar-refractivity contribution in [2.75, 3.05) is 6.54 Å². The molecule has 84 valence electrons. The molecular weight excluding hydrogens is 184 g/mol. The number of nitrogens with one attached hydrogen (secondary N) is 2. The summed E-state index contributed by atoms with van der Waals surface area (Å²) in [6, 6.07) is 0.860. The average molecular weight is 206 g/mol. The van der Waals surface area contributed by atoms with E-state index in [0.717, 1.165) is 12.0 Å². The molecule has 0 radical (unpaired) electrons. The Kier molecular flexibility index (Phi) is 1.67. The summed E-state index contributed by atoms with van der Waals surface area (Å²) >= 11 is 0. The fraction of sp³-hybridized carbons (Fsp3) is 1.00. The van der Waals surface area contributed by atoms with Crippen LogP contribution in [0.4, 0.5) is 0 Å². The van der Waals surface area contributed by atoms with Crippen LogP contribution in [0.1, 0.15) is 51.4 Å². The van der Waals surface area contributed by atoms with E-state index in [2.05, 4.69) is 10.6 Å². The van der Waals surface area contributed by atoms with E-state index in [1.165, 1.54) is 57.9 Å². The van der Waals surface area contributed by atoms with Crippen LogP contribution in [-0.2, 0) is 0 Å². The second-order valence-corrected chi connectivity index (χ2v) is 6.48. The van der Waals surface area contributed by atoms with Gasteiger partial charge in [0.15, 0.2) is 0 Å². The van der Waals surface area contributed by atoms with Crippen molar-refractivity contribution < 1.29 is 0 Å². The van der Waals surface area contributed by atoms with Crippen molar-refractivity contribution in [2.24, 2.45) is 5.92 Å². The highest BCUT2D eigenvalue weighted by molar-refractivity contribution is 5.15. The zero-order valence-corrected chi connectivity index (χ0v) is 9.52. The van der Waals surface area contributed by atoms with Gasteiger partial charge in [0.25, 0.3) is 0 Å². The normalized spacial score (nSPS) is 50.4. The highest BCUT2D eigenvalue weighted by atomic mass is 15.1. The Morgan fingerprint density at radius 3 is 2.73 bits per heavy atom. The van der Waals surface area contributed by atoms with Crippen LogP contribution in [0, 0.1) is 5.92 Å². The maximum absolute atomic E-state index is 3.89. The van der Waals surface area contributed by atoms with Gasteiger partial charge in [-0.2, -0.15) is 0 Å². The monoisotopic (exact) mass is 206 g/mol. The molecule has 3 unspecified atom stereocenters. The van der Waals surface area contributed by atoms with E-state index in [1.807, 2.05) is 0 Å². The minimum absolute atomic E-state index is 0.626. The van der Waals surface area contributed by atoms with Gasteiger partial charge >= 0.3 is 0 Å². The predicted molar refractivity (Wildman–Crippen MR) is 60.8 cm³/mol. The Balaban J connectivity index is 1.34. The molecule has 2 aliphatic heterocycles. The molecular formula is C13H22N2. The Morgan fingerprint density at radius 2 is 2.07 bits per heavy atom. The van der Waals surface area contributed by atoms with Gasteiger partial charge in [-0.25, -0.2) is 0 Å². The third-order valence-electron chi connectivity index (χ3n) is 5.41. The summed E-state index contributed by atoms with van der Waals surface area (Å²) in [6.07, 6.45) is 11.6. The molecule has 2 aliphatic carbocycles. The van der Waals surface area contributed by atoms with Gasteiger partial charge in [0.05, 0.1) is 0 Å². The van der Waals surface area contributed by atoms with E-state index in [0.29, 0.717) is 11.1 Å². The van der Waals surface area contributed by atoms with Gasteiger partial charge in [-0.05, 0) is 63.8 Å². The molecule has 2 N–H and O–H groups in total.